The fourth-order valence-electron chi connectivity index (χ4n) is 3.94. The minimum Gasteiger partial charge on any atom is -0.366 e. The fourth-order valence-corrected chi connectivity index (χ4v) is 3.94. The Hall–Kier alpha value is -2.50. The van der Waals surface area contributed by atoms with E-state index in [0.717, 1.165) is 36.0 Å². The van der Waals surface area contributed by atoms with Gasteiger partial charge in [-0.25, -0.2) is 0 Å². The lowest BCUT2D eigenvalue weighted by Gasteiger charge is -2.13. The van der Waals surface area contributed by atoms with Crippen molar-refractivity contribution in [3.05, 3.63) is 45.9 Å². The number of H-pyrrole nitrogens is 3. The van der Waals surface area contributed by atoms with Crippen LogP contribution in [0.2, 0.25) is 0 Å². The van der Waals surface area contributed by atoms with Gasteiger partial charge in [0.2, 0.25) is 0 Å². The van der Waals surface area contributed by atoms with E-state index in [4.69, 9.17) is 0 Å². The van der Waals surface area contributed by atoms with Gasteiger partial charge in [-0.15, -0.1) is 0 Å². The van der Waals surface area contributed by atoms with Crippen molar-refractivity contribution < 1.29 is 0 Å². The highest BCUT2D eigenvalue weighted by atomic mass is 16.1. The second kappa shape index (κ2) is 5.26. The molecule has 6 nitrogen and oxygen atoms in total. The topological polar surface area (TPSA) is 89.4 Å². The lowest BCUT2D eigenvalue weighted by atomic mass is 9.96. The van der Waals surface area contributed by atoms with Crippen LogP contribution in [0.5, 0.6) is 0 Å². The Labute approximate surface area is 139 Å². The second-order valence-electron chi connectivity index (χ2n) is 7.22. The van der Waals surface area contributed by atoms with E-state index < -0.39 is 0 Å². The molecule has 0 spiro atoms. The summed E-state index contributed by atoms with van der Waals surface area (Å²) in [5.41, 5.74) is 3.37. The molecule has 124 valence electrons. The number of aromatic amines is 3. The number of nitrogens with zero attached hydrogens (tertiary/aromatic N) is 1. The summed E-state index contributed by atoms with van der Waals surface area (Å²) in [7, 11) is 0. The summed E-state index contributed by atoms with van der Waals surface area (Å²) in [6.07, 6.45) is 5.94. The summed E-state index contributed by atoms with van der Waals surface area (Å²) in [4.78, 5) is 11.8. The van der Waals surface area contributed by atoms with Crippen molar-refractivity contribution in [1.82, 2.24) is 20.4 Å². The Morgan fingerprint density at radius 2 is 1.92 bits per heavy atom. The van der Waals surface area contributed by atoms with Crippen molar-refractivity contribution in [1.29, 1.82) is 0 Å². The van der Waals surface area contributed by atoms with E-state index in [1.807, 2.05) is 12.1 Å². The van der Waals surface area contributed by atoms with E-state index in [1.54, 1.807) is 0 Å². The number of hydrogen-bond acceptors (Lipinski definition) is 3. The molecule has 2 heterocycles. The number of aromatic nitrogens is 4. The van der Waals surface area contributed by atoms with Gasteiger partial charge in [0.1, 0.15) is 5.82 Å². The molecule has 4 N–H and O–H groups in total. The van der Waals surface area contributed by atoms with E-state index >= 15 is 0 Å². The van der Waals surface area contributed by atoms with Crippen LogP contribution in [0.1, 0.15) is 55.2 Å². The maximum atomic E-state index is 11.8. The predicted octanol–water partition coefficient (Wildman–Crippen LogP) is 3.20. The molecule has 3 aromatic rings. The number of anilines is 1. The summed E-state index contributed by atoms with van der Waals surface area (Å²) in [5.74, 6) is 2.18. The average Bonchev–Trinajstić information content (AvgIpc) is 3.01. The van der Waals surface area contributed by atoms with Crippen LogP contribution in [0.25, 0.3) is 10.9 Å². The van der Waals surface area contributed by atoms with Gasteiger partial charge in [0, 0.05) is 23.7 Å². The van der Waals surface area contributed by atoms with Gasteiger partial charge in [-0.1, -0.05) is 6.07 Å². The molecule has 0 saturated heterocycles. The normalized spacial score (nSPS) is 23.8. The maximum absolute atomic E-state index is 11.8. The Morgan fingerprint density at radius 1 is 1.04 bits per heavy atom. The number of benzene rings is 1. The van der Waals surface area contributed by atoms with Crippen LogP contribution in [0.4, 0.5) is 5.82 Å². The molecule has 1 aromatic carbocycles. The van der Waals surface area contributed by atoms with Crippen LogP contribution in [0.3, 0.4) is 0 Å². The maximum Gasteiger partial charge on any atom is 0.271 e. The van der Waals surface area contributed by atoms with Crippen LogP contribution in [0.15, 0.2) is 29.1 Å². The first-order valence-corrected chi connectivity index (χ1v) is 8.78. The minimum atomic E-state index is -0.0383. The monoisotopic (exact) mass is 323 g/mol. The molecule has 2 fully saturated rings. The number of nitrogens with one attached hydrogen (secondary N) is 4. The standard InChI is InChI=1S/C18H21N5O/c24-18-14-8-12(4-6-15(14)20-23-18)11-3-5-13(7-11)19-17-9-16(21-22-17)10-1-2-10/h4,6,8-11,13H,1-3,5,7H2,(H2,19,21,22)(H2,20,23,24). The van der Waals surface area contributed by atoms with Crippen LogP contribution in [-0.4, -0.2) is 26.4 Å². The summed E-state index contributed by atoms with van der Waals surface area (Å²) < 4.78 is 0. The second-order valence-corrected chi connectivity index (χ2v) is 7.22. The summed E-state index contributed by atoms with van der Waals surface area (Å²) >= 11 is 0. The molecule has 2 aliphatic rings. The zero-order valence-electron chi connectivity index (χ0n) is 13.4. The zero-order chi connectivity index (χ0) is 16.1. The van der Waals surface area contributed by atoms with E-state index in [0.29, 0.717) is 17.9 Å². The van der Waals surface area contributed by atoms with E-state index in [9.17, 15) is 4.79 Å². The third-order valence-corrected chi connectivity index (χ3v) is 5.47. The molecule has 0 aliphatic heterocycles. The van der Waals surface area contributed by atoms with Gasteiger partial charge in [-0.2, -0.15) is 5.10 Å². The van der Waals surface area contributed by atoms with Crippen molar-refractivity contribution >= 4 is 16.7 Å². The lowest BCUT2D eigenvalue weighted by molar-refractivity contribution is 0.701. The molecule has 0 amide bonds. The Bertz CT molecular complexity index is 932. The van der Waals surface area contributed by atoms with Crippen molar-refractivity contribution in [2.24, 2.45) is 0 Å². The fraction of sp³-hybridized carbons (Fsp3) is 0.444. The smallest absolute Gasteiger partial charge is 0.271 e. The first-order chi connectivity index (χ1) is 11.8. The number of rotatable bonds is 4. The van der Waals surface area contributed by atoms with Gasteiger partial charge >= 0.3 is 0 Å². The Morgan fingerprint density at radius 3 is 2.79 bits per heavy atom. The Kier molecular flexibility index (Phi) is 3.04. The molecule has 2 aromatic heterocycles. The molecule has 24 heavy (non-hydrogen) atoms. The average molecular weight is 323 g/mol. The molecule has 2 saturated carbocycles. The van der Waals surface area contributed by atoms with Gasteiger partial charge in [0.15, 0.2) is 0 Å². The van der Waals surface area contributed by atoms with E-state index in [-0.39, 0.29) is 5.56 Å². The van der Waals surface area contributed by atoms with Gasteiger partial charge in [0.05, 0.1) is 10.9 Å². The molecule has 5 rings (SSSR count). The first-order valence-electron chi connectivity index (χ1n) is 8.78. The largest absolute Gasteiger partial charge is 0.366 e. The zero-order valence-corrected chi connectivity index (χ0v) is 13.4. The third kappa shape index (κ3) is 2.42. The van der Waals surface area contributed by atoms with E-state index in [2.05, 4.69) is 37.8 Å². The van der Waals surface area contributed by atoms with Crippen LogP contribution in [-0.2, 0) is 0 Å². The highest BCUT2D eigenvalue weighted by Gasteiger charge is 2.28. The molecule has 0 bridgehead atoms. The van der Waals surface area contributed by atoms with Gasteiger partial charge in [0.25, 0.3) is 5.56 Å². The molecule has 2 atom stereocenters. The van der Waals surface area contributed by atoms with Crippen molar-refractivity contribution in [2.75, 3.05) is 5.32 Å². The molecular formula is C18H21N5O. The summed E-state index contributed by atoms with van der Waals surface area (Å²) in [5, 5.41) is 17.4. The Balaban J connectivity index is 1.30. The van der Waals surface area contributed by atoms with Gasteiger partial charge in [-0.05, 0) is 55.7 Å². The van der Waals surface area contributed by atoms with E-state index in [1.165, 1.54) is 24.1 Å². The van der Waals surface area contributed by atoms with Gasteiger partial charge in [-0.3, -0.25) is 20.1 Å². The van der Waals surface area contributed by atoms with Crippen LogP contribution < -0.4 is 10.9 Å². The third-order valence-electron chi connectivity index (χ3n) is 5.47. The quantitative estimate of drug-likeness (QED) is 0.594. The van der Waals surface area contributed by atoms with Crippen LogP contribution >= 0.6 is 0 Å². The van der Waals surface area contributed by atoms with Crippen LogP contribution in [0, 0.1) is 0 Å². The molecular weight excluding hydrogens is 302 g/mol. The molecule has 0 radical (unpaired) electrons. The van der Waals surface area contributed by atoms with Crippen molar-refractivity contribution in [3.8, 4) is 0 Å². The minimum absolute atomic E-state index is 0.0383. The number of hydrogen-bond donors (Lipinski definition) is 4. The highest BCUT2D eigenvalue weighted by Crippen LogP contribution is 2.40. The molecule has 6 heteroatoms. The number of fused-ring (bicyclic) bond motifs is 1. The van der Waals surface area contributed by atoms with Gasteiger partial charge < -0.3 is 5.32 Å². The first kappa shape index (κ1) is 13.9. The van der Waals surface area contributed by atoms with Crippen molar-refractivity contribution in [3.63, 3.8) is 0 Å². The summed E-state index contributed by atoms with van der Waals surface area (Å²) in [6, 6.07) is 8.79. The molecule has 2 unspecified atom stereocenters. The SMILES string of the molecule is O=c1[nH][nH]c2ccc(C3CCC(Nc4cc(C5CC5)[nH]n4)C3)cc12. The summed E-state index contributed by atoms with van der Waals surface area (Å²) in [6.45, 7) is 0. The highest BCUT2D eigenvalue weighted by molar-refractivity contribution is 5.78. The molecule has 2 aliphatic carbocycles. The van der Waals surface area contributed by atoms with Crippen molar-refractivity contribution in [2.45, 2.75) is 50.0 Å². The predicted molar refractivity (Wildman–Crippen MR) is 93.5 cm³/mol. The lowest BCUT2D eigenvalue weighted by Crippen LogP contribution is -2.15.